The topological polar surface area (TPSA) is 63.4 Å². The van der Waals surface area contributed by atoms with Crippen molar-refractivity contribution in [3.63, 3.8) is 0 Å². The van der Waals surface area contributed by atoms with Gasteiger partial charge >= 0.3 is 6.01 Å². The van der Waals surface area contributed by atoms with E-state index in [-0.39, 0.29) is 0 Å². The summed E-state index contributed by atoms with van der Waals surface area (Å²) < 4.78 is 10.7. The fourth-order valence-corrected chi connectivity index (χ4v) is 3.13. The Morgan fingerprint density at radius 1 is 1.53 bits per heavy atom. The molecule has 1 fully saturated rings. The fourth-order valence-electron chi connectivity index (χ4n) is 1.95. The monoisotopic (exact) mass is 286 g/mol. The molecule has 1 unspecified atom stereocenters. The van der Waals surface area contributed by atoms with Crippen molar-refractivity contribution in [2.24, 2.45) is 0 Å². The molecule has 1 aromatic heterocycles. The van der Waals surface area contributed by atoms with Crippen LogP contribution in [0.15, 0.2) is 4.42 Å². The van der Waals surface area contributed by atoms with Gasteiger partial charge in [-0.05, 0) is 6.42 Å². The van der Waals surface area contributed by atoms with Gasteiger partial charge < -0.3 is 19.4 Å². The summed E-state index contributed by atoms with van der Waals surface area (Å²) in [5.41, 5.74) is 0. The summed E-state index contributed by atoms with van der Waals surface area (Å²) in [6.45, 7) is 6.27. The Morgan fingerprint density at radius 2 is 2.42 bits per heavy atom. The summed E-state index contributed by atoms with van der Waals surface area (Å²) in [6, 6.07) is 0.655. The van der Waals surface area contributed by atoms with Gasteiger partial charge in [0.1, 0.15) is 0 Å². The first-order valence-corrected chi connectivity index (χ1v) is 7.77. The van der Waals surface area contributed by atoms with Crippen LogP contribution in [-0.4, -0.2) is 54.6 Å². The molecule has 2 heterocycles. The maximum atomic E-state index is 5.69. The van der Waals surface area contributed by atoms with Crippen LogP contribution in [0.2, 0.25) is 0 Å². The average Bonchev–Trinajstić information content (AvgIpc) is 2.92. The zero-order chi connectivity index (χ0) is 13.5. The quantitative estimate of drug-likeness (QED) is 0.754. The lowest BCUT2D eigenvalue weighted by Crippen LogP contribution is -2.37. The second-order valence-electron chi connectivity index (χ2n) is 4.50. The average molecular weight is 286 g/mol. The molecule has 7 heteroatoms. The predicted octanol–water partition coefficient (Wildman–Crippen LogP) is 1.14. The van der Waals surface area contributed by atoms with Crippen LogP contribution >= 0.6 is 11.8 Å². The van der Waals surface area contributed by atoms with Crippen molar-refractivity contribution < 1.29 is 9.15 Å². The number of hydrogen-bond donors (Lipinski definition) is 1. The summed E-state index contributed by atoms with van der Waals surface area (Å²) in [6.07, 6.45) is 1.18. The van der Waals surface area contributed by atoms with E-state index in [0.717, 1.165) is 25.4 Å². The van der Waals surface area contributed by atoms with Gasteiger partial charge in [-0.15, -0.1) is 5.10 Å². The van der Waals surface area contributed by atoms with Gasteiger partial charge in [-0.3, -0.25) is 0 Å². The lowest BCUT2D eigenvalue weighted by molar-refractivity contribution is 0.198. The SMILES string of the molecule is CCC1CN(c2nnc(CNCCOC)o2)CCS1. The second kappa shape index (κ2) is 7.72. The van der Waals surface area contributed by atoms with Crippen LogP contribution in [0.5, 0.6) is 0 Å². The first-order valence-electron chi connectivity index (χ1n) is 6.72. The molecule has 1 aliphatic rings. The van der Waals surface area contributed by atoms with Crippen molar-refractivity contribution in [1.29, 1.82) is 0 Å². The summed E-state index contributed by atoms with van der Waals surface area (Å²) in [5.74, 6) is 1.76. The second-order valence-corrected chi connectivity index (χ2v) is 5.90. The highest BCUT2D eigenvalue weighted by Crippen LogP contribution is 2.24. The molecule has 0 radical (unpaired) electrons. The van der Waals surface area contributed by atoms with Gasteiger partial charge in [0.05, 0.1) is 13.2 Å². The molecule has 0 saturated carbocycles. The molecule has 0 amide bonds. The predicted molar refractivity (Wildman–Crippen MR) is 76.6 cm³/mol. The summed E-state index contributed by atoms with van der Waals surface area (Å²) in [7, 11) is 1.69. The van der Waals surface area contributed by atoms with Crippen molar-refractivity contribution in [3.05, 3.63) is 5.89 Å². The molecule has 2 rings (SSSR count). The minimum Gasteiger partial charge on any atom is -0.407 e. The number of rotatable bonds is 7. The molecule has 0 aromatic carbocycles. The van der Waals surface area contributed by atoms with Gasteiger partial charge in [-0.2, -0.15) is 11.8 Å². The Balaban J connectivity index is 1.82. The van der Waals surface area contributed by atoms with E-state index >= 15 is 0 Å². The molecule has 1 saturated heterocycles. The summed E-state index contributed by atoms with van der Waals surface area (Å²) in [4.78, 5) is 2.19. The van der Waals surface area contributed by atoms with Crippen LogP contribution in [0.4, 0.5) is 6.01 Å². The van der Waals surface area contributed by atoms with Crippen molar-refractivity contribution in [2.45, 2.75) is 25.1 Å². The van der Waals surface area contributed by atoms with Crippen molar-refractivity contribution in [3.8, 4) is 0 Å². The number of nitrogens with zero attached hydrogens (tertiary/aromatic N) is 3. The molecule has 0 spiro atoms. The highest BCUT2D eigenvalue weighted by atomic mass is 32.2. The van der Waals surface area contributed by atoms with E-state index in [2.05, 4.69) is 27.3 Å². The van der Waals surface area contributed by atoms with Crippen molar-refractivity contribution in [2.75, 3.05) is 44.0 Å². The first-order chi connectivity index (χ1) is 9.33. The van der Waals surface area contributed by atoms with Crippen LogP contribution in [0, 0.1) is 0 Å². The molecule has 1 aliphatic heterocycles. The number of anilines is 1. The lowest BCUT2D eigenvalue weighted by Gasteiger charge is -2.30. The van der Waals surface area contributed by atoms with Crippen LogP contribution < -0.4 is 10.2 Å². The Kier molecular flexibility index (Phi) is 5.93. The van der Waals surface area contributed by atoms with Gasteiger partial charge in [0, 0.05) is 37.7 Å². The van der Waals surface area contributed by atoms with Gasteiger partial charge in [-0.1, -0.05) is 12.0 Å². The van der Waals surface area contributed by atoms with Gasteiger partial charge in [0.2, 0.25) is 5.89 Å². The van der Waals surface area contributed by atoms with E-state index in [1.165, 1.54) is 6.42 Å². The maximum absolute atomic E-state index is 5.69. The standard InChI is InChI=1S/C12H22N4O2S/c1-3-10-9-16(5-7-19-10)12-15-14-11(18-12)8-13-4-6-17-2/h10,13H,3-9H2,1-2H3. The Labute approximate surface area is 118 Å². The van der Waals surface area contributed by atoms with Crippen LogP contribution in [-0.2, 0) is 11.3 Å². The molecule has 19 heavy (non-hydrogen) atoms. The van der Waals surface area contributed by atoms with E-state index in [0.29, 0.717) is 30.3 Å². The first kappa shape index (κ1) is 14.6. The van der Waals surface area contributed by atoms with Crippen molar-refractivity contribution >= 4 is 17.8 Å². The Morgan fingerprint density at radius 3 is 3.21 bits per heavy atom. The van der Waals surface area contributed by atoms with Crippen LogP contribution in [0.3, 0.4) is 0 Å². The third-order valence-corrected chi connectivity index (χ3v) is 4.45. The smallest absolute Gasteiger partial charge is 0.318 e. The summed E-state index contributed by atoms with van der Waals surface area (Å²) >= 11 is 2.03. The third kappa shape index (κ3) is 4.36. The highest BCUT2D eigenvalue weighted by molar-refractivity contribution is 8.00. The van der Waals surface area contributed by atoms with E-state index in [1.54, 1.807) is 7.11 Å². The normalized spacial score (nSPS) is 19.9. The van der Waals surface area contributed by atoms with Crippen molar-refractivity contribution in [1.82, 2.24) is 15.5 Å². The van der Waals surface area contributed by atoms with E-state index in [4.69, 9.17) is 9.15 Å². The van der Waals surface area contributed by atoms with Crippen LogP contribution in [0.1, 0.15) is 19.2 Å². The largest absolute Gasteiger partial charge is 0.407 e. The lowest BCUT2D eigenvalue weighted by atomic mass is 10.3. The molecule has 108 valence electrons. The van der Waals surface area contributed by atoms with Gasteiger partial charge in [0.15, 0.2) is 0 Å². The Hall–Kier alpha value is -0.790. The van der Waals surface area contributed by atoms with E-state index < -0.39 is 0 Å². The molecule has 0 aliphatic carbocycles. The van der Waals surface area contributed by atoms with E-state index in [9.17, 15) is 0 Å². The molecule has 6 nitrogen and oxygen atoms in total. The highest BCUT2D eigenvalue weighted by Gasteiger charge is 2.22. The molecular formula is C12H22N4O2S. The molecule has 1 atom stereocenters. The minimum atomic E-state index is 0.593. The minimum absolute atomic E-state index is 0.593. The van der Waals surface area contributed by atoms with E-state index in [1.807, 2.05) is 11.8 Å². The maximum Gasteiger partial charge on any atom is 0.318 e. The van der Waals surface area contributed by atoms with Gasteiger partial charge in [-0.25, -0.2) is 0 Å². The number of hydrogen-bond acceptors (Lipinski definition) is 7. The molecular weight excluding hydrogens is 264 g/mol. The summed E-state index contributed by atoms with van der Waals surface area (Å²) in [5, 5.41) is 12.1. The zero-order valence-electron chi connectivity index (χ0n) is 11.6. The number of nitrogens with one attached hydrogen (secondary N) is 1. The molecule has 0 bridgehead atoms. The zero-order valence-corrected chi connectivity index (χ0v) is 12.4. The van der Waals surface area contributed by atoms with Gasteiger partial charge in [0.25, 0.3) is 0 Å². The molecule has 1 N–H and O–H groups in total. The Bertz CT molecular complexity index is 374. The number of thioether (sulfide) groups is 1. The van der Waals surface area contributed by atoms with Crippen LogP contribution in [0.25, 0.3) is 0 Å². The number of methoxy groups -OCH3 is 1. The number of aromatic nitrogens is 2. The number of ether oxygens (including phenoxy) is 1. The molecule has 1 aromatic rings. The fraction of sp³-hybridized carbons (Fsp3) is 0.833. The third-order valence-electron chi connectivity index (χ3n) is 3.08.